The van der Waals surface area contributed by atoms with Crippen molar-refractivity contribution >= 4 is 23.1 Å². The quantitative estimate of drug-likeness (QED) is 0.232. The molecule has 0 saturated heterocycles. The van der Waals surface area contributed by atoms with E-state index in [9.17, 15) is 9.90 Å². The summed E-state index contributed by atoms with van der Waals surface area (Å²) in [5, 5.41) is 10.7. The van der Waals surface area contributed by atoms with Gasteiger partial charge in [0, 0.05) is 11.8 Å². The Kier molecular flexibility index (Phi) is 6.95. The van der Waals surface area contributed by atoms with Gasteiger partial charge in [-0.1, -0.05) is 49.4 Å². The number of ether oxygens (including phenoxy) is 1. The number of aromatic hydroxyl groups is 1. The molecule has 0 radical (unpaired) electrons. The topological polar surface area (TPSA) is 88.7 Å². The Labute approximate surface area is 188 Å². The number of phenols is 1. The van der Waals surface area contributed by atoms with Crippen molar-refractivity contribution in [3.63, 3.8) is 0 Å². The number of hydrazine groups is 1. The molecule has 3 aromatic rings. The summed E-state index contributed by atoms with van der Waals surface area (Å²) in [6, 6.07) is 20.8. The molecule has 0 bridgehead atoms. The van der Waals surface area contributed by atoms with Gasteiger partial charge in [-0.15, -0.1) is 0 Å². The first-order valence-corrected chi connectivity index (χ1v) is 10.5. The minimum Gasteiger partial charge on any atom is -0.508 e. The van der Waals surface area contributed by atoms with E-state index < -0.39 is 11.7 Å². The fourth-order valence-corrected chi connectivity index (χ4v) is 3.39. The van der Waals surface area contributed by atoms with Gasteiger partial charge in [0.2, 0.25) is 0 Å². The first kappa shape index (κ1) is 23.0. The zero-order chi connectivity index (χ0) is 23.3. The molecule has 0 fully saturated rings. The van der Waals surface area contributed by atoms with Gasteiger partial charge >= 0.3 is 6.09 Å². The van der Waals surface area contributed by atoms with E-state index >= 15 is 0 Å². The second kappa shape index (κ2) is 9.66. The number of carbonyl (C=O) groups excluding carboxylic acids is 1. The molecule has 1 aromatic heterocycles. The van der Waals surface area contributed by atoms with E-state index in [4.69, 9.17) is 10.6 Å². The average molecular weight is 432 g/mol. The number of carbonyl (C=O) groups is 1. The summed E-state index contributed by atoms with van der Waals surface area (Å²) in [4.78, 5) is 16.7. The van der Waals surface area contributed by atoms with E-state index in [2.05, 4.69) is 24.0 Å². The molecule has 0 atom stereocenters. The highest BCUT2D eigenvalue weighted by atomic mass is 16.6. The molecule has 0 saturated carbocycles. The maximum absolute atomic E-state index is 12.3. The second-order valence-electron chi connectivity index (χ2n) is 8.38. The number of nitrogens with two attached hydrogens (primary N) is 1. The predicted octanol–water partition coefficient (Wildman–Crippen LogP) is 5.77. The van der Waals surface area contributed by atoms with Gasteiger partial charge in [0.1, 0.15) is 11.4 Å². The highest BCUT2D eigenvalue weighted by Crippen LogP contribution is 2.35. The van der Waals surface area contributed by atoms with Gasteiger partial charge in [0.05, 0.1) is 0 Å². The lowest BCUT2D eigenvalue weighted by Crippen LogP contribution is -2.42. The largest absolute Gasteiger partial charge is 0.508 e. The number of amides is 1. The van der Waals surface area contributed by atoms with Gasteiger partial charge in [-0.25, -0.2) is 15.6 Å². The van der Waals surface area contributed by atoms with Crippen molar-refractivity contribution in [1.82, 2.24) is 4.98 Å². The van der Waals surface area contributed by atoms with Crippen LogP contribution in [-0.2, 0) is 4.74 Å². The molecule has 0 spiro atoms. The van der Waals surface area contributed by atoms with Crippen LogP contribution in [0.25, 0.3) is 11.1 Å². The number of pyridine rings is 1. The maximum Gasteiger partial charge on any atom is 0.430 e. The van der Waals surface area contributed by atoms with Crippen LogP contribution in [0.5, 0.6) is 5.75 Å². The normalized spacial score (nSPS) is 12.2. The molecule has 6 heteroatoms. The summed E-state index contributed by atoms with van der Waals surface area (Å²) in [5.41, 5.74) is 4.42. The first-order chi connectivity index (χ1) is 15.2. The Bertz CT molecular complexity index is 1080. The van der Waals surface area contributed by atoms with Crippen LogP contribution in [0.2, 0.25) is 0 Å². The molecule has 1 amide bonds. The smallest absolute Gasteiger partial charge is 0.430 e. The number of benzene rings is 2. The molecule has 1 heterocycles. The predicted molar refractivity (Wildman–Crippen MR) is 128 cm³/mol. The number of allylic oxidation sites excluding steroid dienone is 1. The average Bonchev–Trinajstić information content (AvgIpc) is 2.77. The molecule has 32 heavy (non-hydrogen) atoms. The van der Waals surface area contributed by atoms with Gasteiger partial charge in [0.15, 0.2) is 5.82 Å². The monoisotopic (exact) mass is 431 g/mol. The molecular weight excluding hydrogens is 402 g/mol. The van der Waals surface area contributed by atoms with Crippen molar-refractivity contribution in [2.75, 3.05) is 5.01 Å². The number of hydrogen-bond acceptors (Lipinski definition) is 5. The summed E-state index contributed by atoms with van der Waals surface area (Å²) in [7, 11) is 0. The molecule has 0 unspecified atom stereocenters. The van der Waals surface area contributed by atoms with E-state index in [-0.39, 0.29) is 11.6 Å². The Balaban J connectivity index is 2.05. The van der Waals surface area contributed by atoms with Crippen molar-refractivity contribution < 1.29 is 14.6 Å². The van der Waals surface area contributed by atoms with Crippen LogP contribution in [0.1, 0.15) is 50.8 Å². The fourth-order valence-electron chi connectivity index (χ4n) is 3.39. The number of hydrogen-bond donors (Lipinski definition) is 2. The van der Waals surface area contributed by atoms with Crippen LogP contribution in [-0.4, -0.2) is 21.8 Å². The maximum atomic E-state index is 12.3. The van der Waals surface area contributed by atoms with Crippen molar-refractivity contribution in [2.24, 2.45) is 5.84 Å². The first-order valence-electron chi connectivity index (χ1n) is 10.5. The van der Waals surface area contributed by atoms with Crippen LogP contribution in [0.15, 0.2) is 72.9 Å². The summed E-state index contributed by atoms with van der Waals surface area (Å²) >= 11 is 0. The molecule has 0 aliphatic heterocycles. The zero-order valence-electron chi connectivity index (χ0n) is 18.9. The fraction of sp³-hybridized carbons (Fsp3) is 0.231. The molecule has 2 aromatic carbocycles. The molecule has 0 aliphatic rings. The summed E-state index contributed by atoms with van der Waals surface area (Å²) in [5.74, 6) is 6.42. The van der Waals surface area contributed by atoms with Crippen LogP contribution < -0.4 is 10.9 Å². The number of phenolic OH excluding ortho intramolecular Hbond substituents is 1. The van der Waals surface area contributed by atoms with Crippen LogP contribution >= 0.6 is 0 Å². The Morgan fingerprint density at radius 3 is 2.12 bits per heavy atom. The number of nitrogens with zero attached hydrogens (tertiary/aromatic N) is 2. The van der Waals surface area contributed by atoms with Crippen molar-refractivity contribution in [2.45, 2.75) is 39.7 Å². The summed E-state index contributed by atoms with van der Waals surface area (Å²) < 4.78 is 5.31. The molecule has 0 aliphatic carbocycles. The zero-order valence-corrected chi connectivity index (χ0v) is 18.9. The third-order valence-corrected chi connectivity index (χ3v) is 4.81. The van der Waals surface area contributed by atoms with Crippen LogP contribution in [0.3, 0.4) is 0 Å². The van der Waals surface area contributed by atoms with E-state index in [1.807, 2.05) is 36.4 Å². The molecular formula is C26H29N3O3. The van der Waals surface area contributed by atoms with Gasteiger partial charge in [-0.3, -0.25) is 0 Å². The van der Waals surface area contributed by atoms with Crippen LogP contribution in [0.4, 0.5) is 10.6 Å². The molecule has 3 N–H and O–H groups in total. The third kappa shape index (κ3) is 5.53. The second-order valence-corrected chi connectivity index (χ2v) is 8.38. The molecule has 3 rings (SSSR count). The summed E-state index contributed by atoms with van der Waals surface area (Å²) in [6.07, 6.45) is 1.81. The highest BCUT2D eigenvalue weighted by molar-refractivity contribution is 5.98. The SMILES string of the molecule is CC/C(=C(/c1ccc(O)cc1)c1ccc(N(N)C(=O)OC(C)(C)C)nc1)c1ccccc1. The van der Waals surface area contributed by atoms with Crippen molar-refractivity contribution in [1.29, 1.82) is 0 Å². The minimum absolute atomic E-state index is 0.204. The number of rotatable bonds is 5. The molecule has 166 valence electrons. The number of aromatic nitrogens is 1. The summed E-state index contributed by atoms with van der Waals surface area (Å²) in [6.45, 7) is 7.44. The van der Waals surface area contributed by atoms with E-state index in [0.717, 1.165) is 39.3 Å². The van der Waals surface area contributed by atoms with Gasteiger partial charge in [0.25, 0.3) is 0 Å². The van der Waals surface area contributed by atoms with E-state index in [1.165, 1.54) is 0 Å². The molecule has 6 nitrogen and oxygen atoms in total. The minimum atomic E-state index is -0.675. The lowest BCUT2D eigenvalue weighted by molar-refractivity contribution is 0.0579. The third-order valence-electron chi connectivity index (χ3n) is 4.81. The van der Waals surface area contributed by atoms with Gasteiger partial charge < -0.3 is 9.84 Å². The lowest BCUT2D eigenvalue weighted by atomic mass is 9.89. The highest BCUT2D eigenvalue weighted by Gasteiger charge is 2.22. The van der Waals surface area contributed by atoms with Crippen molar-refractivity contribution in [3.05, 3.63) is 89.6 Å². The Morgan fingerprint density at radius 2 is 1.59 bits per heavy atom. The lowest BCUT2D eigenvalue weighted by Gasteiger charge is -2.23. The Morgan fingerprint density at radius 1 is 0.969 bits per heavy atom. The number of anilines is 1. The van der Waals surface area contributed by atoms with E-state index in [1.54, 1.807) is 45.2 Å². The van der Waals surface area contributed by atoms with Crippen LogP contribution in [0, 0.1) is 0 Å². The van der Waals surface area contributed by atoms with Crippen molar-refractivity contribution in [3.8, 4) is 5.75 Å². The van der Waals surface area contributed by atoms with E-state index in [0.29, 0.717) is 0 Å². The van der Waals surface area contributed by atoms with Gasteiger partial charge in [-0.2, -0.15) is 5.01 Å². The Hall–Kier alpha value is -3.64. The van der Waals surface area contributed by atoms with Gasteiger partial charge in [-0.05, 0) is 73.7 Å². The standard InChI is InChI=1S/C26H29N3O3/c1-5-22(18-9-7-6-8-10-18)24(19-11-14-21(30)15-12-19)20-13-16-23(28-17-20)29(27)25(31)32-26(2,3)4/h6-17,30H,5,27H2,1-4H3/b24-22+.